The molecule has 0 unspecified atom stereocenters. The van der Waals surface area contributed by atoms with Gasteiger partial charge in [0.1, 0.15) is 0 Å². The Morgan fingerprint density at radius 2 is 1.95 bits per heavy atom. The number of hydrogen-bond acceptors (Lipinski definition) is 4. The average Bonchev–Trinajstić information content (AvgIpc) is 2.47. The van der Waals surface area contributed by atoms with Gasteiger partial charge in [0.15, 0.2) is 0 Å². The zero-order valence-corrected chi connectivity index (χ0v) is 13.3. The van der Waals surface area contributed by atoms with E-state index in [-0.39, 0.29) is 0 Å². The number of hydrogen-bond donors (Lipinski definition) is 1. The molecule has 1 saturated heterocycles. The average molecular weight is 309 g/mol. The minimum atomic E-state index is -3.04. The van der Waals surface area contributed by atoms with Crippen molar-refractivity contribution in [3.05, 3.63) is 34.9 Å². The molecule has 5 nitrogen and oxygen atoms in total. The van der Waals surface area contributed by atoms with Gasteiger partial charge in [-0.05, 0) is 29.7 Å². The number of fused-ring (bicyclic) bond motifs is 1. The Morgan fingerprint density at radius 3 is 2.67 bits per heavy atom. The lowest BCUT2D eigenvalue weighted by Crippen LogP contribution is -2.48. The van der Waals surface area contributed by atoms with Crippen molar-refractivity contribution in [2.45, 2.75) is 19.5 Å². The van der Waals surface area contributed by atoms with Crippen molar-refractivity contribution in [3.63, 3.8) is 0 Å². The van der Waals surface area contributed by atoms with E-state index >= 15 is 0 Å². The van der Waals surface area contributed by atoms with Crippen LogP contribution in [0.2, 0.25) is 0 Å². The number of benzene rings is 1. The van der Waals surface area contributed by atoms with Gasteiger partial charge in [0.05, 0.1) is 6.26 Å². The molecule has 0 aliphatic carbocycles. The van der Waals surface area contributed by atoms with Gasteiger partial charge in [-0.15, -0.1) is 0 Å². The summed E-state index contributed by atoms with van der Waals surface area (Å²) in [5, 5.41) is 3.41. The molecule has 0 aromatic heterocycles. The van der Waals surface area contributed by atoms with E-state index in [0.717, 1.165) is 39.1 Å². The van der Waals surface area contributed by atoms with Crippen molar-refractivity contribution in [2.24, 2.45) is 0 Å². The van der Waals surface area contributed by atoms with Crippen LogP contribution in [0.25, 0.3) is 0 Å². The van der Waals surface area contributed by atoms with E-state index in [0.29, 0.717) is 13.1 Å². The second-order valence-corrected chi connectivity index (χ2v) is 7.90. The van der Waals surface area contributed by atoms with Crippen LogP contribution in [-0.2, 0) is 29.5 Å². The molecule has 1 N–H and O–H groups in total. The van der Waals surface area contributed by atoms with Crippen molar-refractivity contribution in [3.8, 4) is 0 Å². The molecule has 0 amide bonds. The van der Waals surface area contributed by atoms with E-state index in [9.17, 15) is 8.42 Å². The molecule has 116 valence electrons. The van der Waals surface area contributed by atoms with Gasteiger partial charge in [0.25, 0.3) is 0 Å². The third kappa shape index (κ3) is 3.45. The highest BCUT2D eigenvalue weighted by Gasteiger charge is 2.24. The summed E-state index contributed by atoms with van der Waals surface area (Å²) in [5.74, 6) is 0. The summed E-state index contributed by atoms with van der Waals surface area (Å²) in [6, 6.07) is 6.55. The second kappa shape index (κ2) is 6.04. The van der Waals surface area contributed by atoms with E-state index in [4.69, 9.17) is 0 Å². The van der Waals surface area contributed by atoms with Crippen molar-refractivity contribution in [2.75, 3.05) is 39.0 Å². The third-order valence-electron chi connectivity index (χ3n) is 4.43. The van der Waals surface area contributed by atoms with Crippen molar-refractivity contribution < 1.29 is 8.42 Å². The highest BCUT2D eigenvalue weighted by Crippen LogP contribution is 2.21. The molecule has 0 atom stereocenters. The predicted octanol–water partition coefficient (Wildman–Crippen LogP) is 0.410. The van der Waals surface area contributed by atoms with Crippen LogP contribution in [-0.4, -0.2) is 56.6 Å². The molecular weight excluding hydrogens is 286 g/mol. The number of sulfonamides is 1. The van der Waals surface area contributed by atoms with Crippen LogP contribution >= 0.6 is 0 Å². The summed E-state index contributed by atoms with van der Waals surface area (Å²) >= 11 is 0. The number of nitrogens with zero attached hydrogens (tertiary/aromatic N) is 2. The normalized spacial score (nSPS) is 21.2. The SMILES string of the molecule is CS(=O)(=O)N1CCN(Cc2cccc3c2CCNC3)CC1. The maximum absolute atomic E-state index is 11.5. The van der Waals surface area contributed by atoms with Gasteiger partial charge in [0.2, 0.25) is 10.0 Å². The summed E-state index contributed by atoms with van der Waals surface area (Å²) in [7, 11) is -3.04. The van der Waals surface area contributed by atoms with E-state index in [1.165, 1.54) is 22.9 Å². The fourth-order valence-electron chi connectivity index (χ4n) is 3.22. The molecule has 6 heteroatoms. The quantitative estimate of drug-likeness (QED) is 0.879. The Bertz CT molecular complexity index is 607. The molecule has 0 bridgehead atoms. The van der Waals surface area contributed by atoms with Crippen LogP contribution in [0.15, 0.2) is 18.2 Å². The fourth-order valence-corrected chi connectivity index (χ4v) is 4.05. The zero-order chi connectivity index (χ0) is 14.9. The summed E-state index contributed by atoms with van der Waals surface area (Å²) < 4.78 is 24.7. The first-order valence-electron chi connectivity index (χ1n) is 7.52. The lowest BCUT2D eigenvalue weighted by Gasteiger charge is -2.34. The maximum atomic E-state index is 11.5. The van der Waals surface area contributed by atoms with Crippen molar-refractivity contribution >= 4 is 10.0 Å². The van der Waals surface area contributed by atoms with E-state index in [1.807, 2.05) is 0 Å². The summed E-state index contributed by atoms with van der Waals surface area (Å²) in [6.07, 6.45) is 2.39. The van der Waals surface area contributed by atoms with Gasteiger partial charge in [-0.1, -0.05) is 18.2 Å². The maximum Gasteiger partial charge on any atom is 0.211 e. The van der Waals surface area contributed by atoms with E-state index < -0.39 is 10.0 Å². The molecule has 2 aliphatic heterocycles. The summed E-state index contributed by atoms with van der Waals surface area (Å²) in [6.45, 7) is 5.78. The molecule has 1 aromatic rings. The standard InChI is InChI=1S/C15H23N3O2S/c1-21(19,20)18-9-7-17(8-10-18)12-14-4-2-3-13-11-16-6-5-15(13)14/h2-4,16H,5-12H2,1H3. The van der Waals surface area contributed by atoms with Gasteiger partial charge in [-0.2, -0.15) is 4.31 Å². The highest BCUT2D eigenvalue weighted by molar-refractivity contribution is 7.88. The molecule has 21 heavy (non-hydrogen) atoms. The number of nitrogens with one attached hydrogen (secondary N) is 1. The second-order valence-electron chi connectivity index (χ2n) is 5.92. The van der Waals surface area contributed by atoms with Crippen LogP contribution in [0.1, 0.15) is 16.7 Å². The van der Waals surface area contributed by atoms with Gasteiger partial charge >= 0.3 is 0 Å². The molecule has 0 saturated carbocycles. The zero-order valence-electron chi connectivity index (χ0n) is 12.5. The van der Waals surface area contributed by atoms with Crippen molar-refractivity contribution in [1.82, 2.24) is 14.5 Å². The van der Waals surface area contributed by atoms with Gasteiger partial charge < -0.3 is 5.32 Å². The largest absolute Gasteiger partial charge is 0.312 e. The summed E-state index contributed by atoms with van der Waals surface area (Å²) in [4.78, 5) is 2.36. The first-order valence-corrected chi connectivity index (χ1v) is 9.37. The third-order valence-corrected chi connectivity index (χ3v) is 5.73. The van der Waals surface area contributed by atoms with Crippen molar-refractivity contribution in [1.29, 1.82) is 0 Å². The Kier molecular flexibility index (Phi) is 4.31. The first kappa shape index (κ1) is 15.0. The molecule has 2 aliphatic rings. The Morgan fingerprint density at radius 1 is 1.19 bits per heavy atom. The van der Waals surface area contributed by atoms with Gasteiger partial charge in [0, 0.05) is 39.3 Å². The lowest BCUT2D eigenvalue weighted by atomic mass is 9.95. The van der Waals surface area contributed by atoms with E-state index in [2.05, 4.69) is 28.4 Å². The van der Waals surface area contributed by atoms with Gasteiger partial charge in [-0.3, -0.25) is 4.90 Å². The number of piperazine rings is 1. The molecule has 0 radical (unpaired) electrons. The van der Waals surface area contributed by atoms with Gasteiger partial charge in [-0.25, -0.2) is 8.42 Å². The molecule has 1 aromatic carbocycles. The molecule has 2 heterocycles. The number of rotatable bonds is 3. The minimum absolute atomic E-state index is 0.607. The van der Waals surface area contributed by atoms with E-state index in [1.54, 1.807) is 4.31 Å². The first-order chi connectivity index (χ1) is 10.0. The fraction of sp³-hybridized carbons (Fsp3) is 0.600. The van der Waals surface area contributed by atoms with Crippen LogP contribution < -0.4 is 5.32 Å². The smallest absolute Gasteiger partial charge is 0.211 e. The predicted molar refractivity (Wildman–Crippen MR) is 83.5 cm³/mol. The van der Waals surface area contributed by atoms with Crippen LogP contribution in [0.4, 0.5) is 0 Å². The Balaban J connectivity index is 1.66. The Hall–Kier alpha value is -0.950. The molecule has 1 fully saturated rings. The monoisotopic (exact) mass is 309 g/mol. The summed E-state index contributed by atoms with van der Waals surface area (Å²) in [5.41, 5.74) is 4.30. The molecule has 0 spiro atoms. The highest BCUT2D eigenvalue weighted by atomic mass is 32.2. The minimum Gasteiger partial charge on any atom is -0.312 e. The van der Waals surface area contributed by atoms with Crippen LogP contribution in [0.3, 0.4) is 0 Å². The Labute approximate surface area is 127 Å². The van der Waals surface area contributed by atoms with Crippen LogP contribution in [0, 0.1) is 0 Å². The molecule has 3 rings (SSSR count). The van der Waals surface area contributed by atoms with Crippen LogP contribution in [0.5, 0.6) is 0 Å². The lowest BCUT2D eigenvalue weighted by molar-refractivity contribution is 0.181. The topological polar surface area (TPSA) is 52.7 Å². The molecular formula is C15H23N3O2S.